The van der Waals surface area contributed by atoms with E-state index in [0.29, 0.717) is 0 Å². The van der Waals surface area contributed by atoms with Crippen LogP contribution < -0.4 is 3.84 Å². The van der Waals surface area contributed by atoms with Crippen molar-refractivity contribution in [3.8, 4) is 0 Å². The van der Waals surface area contributed by atoms with Gasteiger partial charge in [-0.1, -0.05) is 0 Å². The Morgan fingerprint density at radius 1 is 0.926 bits per heavy atom. The number of hydrogen-bond acceptors (Lipinski definition) is 2. The predicted molar refractivity (Wildman–Crippen MR) is 122 cm³/mol. The second-order valence-corrected chi connectivity index (χ2v) is 22.3. The van der Waals surface area contributed by atoms with Crippen molar-refractivity contribution in [2.75, 3.05) is 0 Å². The zero-order valence-corrected chi connectivity index (χ0v) is 21.7. The van der Waals surface area contributed by atoms with E-state index < -0.39 is 18.4 Å². The van der Waals surface area contributed by atoms with Crippen LogP contribution in [0, 0.1) is 0 Å². The molecule has 0 aromatic carbocycles. The van der Waals surface area contributed by atoms with Crippen molar-refractivity contribution in [3.05, 3.63) is 18.0 Å². The van der Waals surface area contributed by atoms with E-state index in [1.807, 2.05) is 0 Å². The Morgan fingerprint density at radius 2 is 1.44 bits per heavy atom. The van der Waals surface area contributed by atoms with Gasteiger partial charge in [-0.05, 0) is 0 Å². The van der Waals surface area contributed by atoms with E-state index in [1.54, 1.807) is 0 Å². The fourth-order valence-electron chi connectivity index (χ4n) is 4.34. The van der Waals surface area contributed by atoms with Crippen molar-refractivity contribution in [3.63, 3.8) is 0 Å². The molecule has 0 saturated carbocycles. The Balaban J connectivity index is 2.55. The molecule has 2 aromatic heterocycles. The van der Waals surface area contributed by atoms with Crippen LogP contribution in [0.5, 0.6) is 0 Å². The van der Waals surface area contributed by atoms with E-state index in [4.69, 9.17) is 9.97 Å². The van der Waals surface area contributed by atoms with E-state index in [9.17, 15) is 0 Å². The molecule has 0 fully saturated rings. The van der Waals surface area contributed by atoms with Gasteiger partial charge in [0.2, 0.25) is 0 Å². The van der Waals surface area contributed by atoms with Gasteiger partial charge in [0, 0.05) is 0 Å². The average Bonchev–Trinajstić information content (AvgIpc) is 2.98. The summed E-state index contributed by atoms with van der Waals surface area (Å²) in [5.41, 5.74) is 2.62. The minimum atomic E-state index is -2.56. The molecule has 4 heteroatoms. The summed E-state index contributed by atoms with van der Waals surface area (Å²) in [6, 6.07) is 2.29. The van der Waals surface area contributed by atoms with Crippen molar-refractivity contribution >= 4 is 33.3 Å². The normalized spacial score (nSPS) is 12.9. The Kier molecular flexibility index (Phi) is 8.20. The number of rotatable bonds is 10. The van der Waals surface area contributed by atoms with Crippen LogP contribution in [0.2, 0.25) is 13.3 Å². The summed E-state index contributed by atoms with van der Waals surface area (Å²) in [5, 5.41) is 1.20. The van der Waals surface area contributed by atoms with Gasteiger partial charge < -0.3 is 0 Å². The third kappa shape index (κ3) is 5.27. The molecule has 2 rings (SSSR count). The molecule has 0 spiro atoms. The zero-order chi connectivity index (χ0) is 20.1. The molecule has 0 unspecified atom stereocenters. The Bertz CT molecular complexity index is 705. The Hall–Kier alpha value is -0.581. The molecule has 27 heavy (non-hydrogen) atoms. The van der Waals surface area contributed by atoms with Gasteiger partial charge in [0.15, 0.2) is 0 Å². The first-order chi connectivity index (χ1) is 12.8. The summed E-state index contributed by atoms with van der Waals surface area (Å²) < 4.78 is 7.89. The molecule has 0 atom stereocenters. The van der Waals surface area contributed by atoms with E-state index in [2.05, 4.69) is 65.4 Å². The SMILES string of the molecule is CCC[CH2][Sn]([CH2]CCC)([CH2]CCC)[c]1ncc2cc(C(C)(C)C)n(C)c2n1. The van der Waals surface area contributed by atoms with Gasteiger partial charge in [0.25, 0.3) is 0 Å². The summed E-state index contributed by atoms with van der Waals surface area (Å²) >= 11 is -2.56. The van der Waals surface area contributed by atoms with Crippen LogP contribution >= 0.6 is 0 Å². The standard InChI is InChI=1S/C11H14N3.3C4H9.Sn/c1-11(2,3)9-5-8-6-12-7-13-10(8)14(9)4;3*1-3-4-2;/h5-6H,1-4H3;3*1,3-4H2,2H3;. The van der Waals surface area contributed by atoms with Gasteiger partial charge in [-0.15, -0.1) is 0 Å². The van der Waals surface area contributed by atoms with Gasteiger partial charge in [0.05, 0.1) is 0 Å². The Morgan fingerprint density at radius 3 is 1.89 bits per heavy atom. The second-order valence-electron chi connectivity index (χ2n) is 9.40. The molecule has 2 heterocycles. The van der Waals surface area contributed by atoms with Crippen molar-refractivity contribution in [1.82, 2.24) is 14.5 Å². The topological polar surface area (TPSA) is 30.7 Å². The molecule has 0 radical (unpaired) electrons. The molecule has 152 valence electrons. The summed E-state index contributed by atoms with van der Waals surface area (Å²) in [4.78, 5) is 10.3. The first-order valence-corrected chi connectivity index (χ1v) is 18.6. The fourth-order valence-corrected chi connectivity index (χ4v) is 19.2. The molecule has 0 aliphatic carbocycles. The van der Waals surface area contributed by atoms with E-state index in [-0.39, 0.29) is 5.41 Å². The van der Waals surface area contributed by atoms with Crippen LogP contribution in [-0.4, -0.2) is 32.9 Å². The van der Waals surface area contributed by atoms with Gasteiger partial charge in [-0.25, -0.2) is 0 Å². The molecule has 0 bridgehead atoms. The number of fused-ring (bicyclic) bond motifs is 1. The van der Waals surface area contributed by atoms with Crippen LogP contribution in [0.25, 0.3) is 11.0 Å². The van der Waals surface area contributed by atoms with Crippen molar-refractivity contribution in [2.24, 2.45) is 7.05 Å². The number of aryl methyl sites for hydroxylation is 1. The number of hydrogen-bond donors (Lipinski definition) is 0. The monoisotopic (exact) mass is 479 g/mol. The average molecular weight is 478 g/mol. The number of nitrogens with zero attached hydrogens (tertiary/aromatic N) is 3. The van der Waals surface area contributed by atoms with Gasteiger partial charge in [-0.2, -0.15) is 0 Å². The number of unbranched alkanes of at least 4 members (excludes halogenated alkanes) is 3. The maximum atomic E-state index is 5.29. The third-order valence-electron chi connectivity index (χ3n) is 6.04. The molecule has 0 amide bonds. The van der Waals surface area contributed by atoms with Gasteiger partial charge >= 0.3 is 172 Å². The minimum absolute atomic E-state index is 0.128. The summed E-state index contributed by atoms with van der Waals surface area (Å²) in [6.45, 7) is 13.8. The van der Waals surface area contributed by atoms with Crippen LogP contribution in [0.1, 0.15) is 85.8 Å². The van der Waals surface area contributed by atoms with E-state index >= 15 is 0 Å². The predicted octanol–water partition coefficient (Wildman–Crippen LogP) is 6.32. The fraction of sp³-hybridized carbons (Fsp3) is 0.739. The molecular formula is C23H41N3Sn. The van der Waals surface area contributed by atoms with Crippen molar-refractivity contribution in [1.29, 1.82) is 0 Å². The van der Waals surface area contributed by atoms with Gasteiger partial charge in [0.1, 0.15) is 0 Å². The number of aromatic nitrogens is 3. The van der Waals surface area contributed by atoms with Crippen LogP contribution in [0.15, 0.2) is 12.3 Å². The quantitative estimate of drug-likeness (QED) is 0.374. The molecule has 0 N–H and O–H groups in total. The van der Waals surface area contributed by atoms with E-state index in [1.165, 1.54) is 66.8 Å². The third-order valence-corrected chi connectivity index (χ3v) is 20.7. The molecule has 3 nitrogen and oxygen atoms in total. The summed E-state index contributed by atoms with van der Waals surface area (Å²) in [6.07, 6.45) is 10.1. The van der Waals surface area contributed by atoms with Crippen molar-refractivity contribution in [2.45, 2.75) is 98.8 Å². The molecule has 2 aromatic rings. The van der Waals surface area contributed by atoms with Crippen LogP contribution in [0.4, 0.5) is 0 Å². The first kappa shape index (κ1) is 22.7. The maximum absolute atomic E-state index is 5.29. The first-order valence-electron chi connectivity index (χ1n) is 11.1. The van der Waals surface area contributed by atoms with Gasteiger partial charge in [-0.3, -0.25) is 0 Å². The molecular weight excluding hydrogens is 437 g/mol. The zero-order valence-electron chi connectivity index (χ0n) is 18.9. The summed E-state index contributed by atoms with van der Waals surface area (Å²) in [5.74, 6) is 0. The second kappa shape index (κ2) is 9.75. The Labute approximate surface area is 171 Å². The summed E-state index contributed by atoms with van der Waals surface area (Å²) in [7, 11) is 2.18. The molecule has 0 aliphatic heterocycles. The molecule has 0 aliphatic rings. The van der Waals surface area contributed by atoms with Crippen LogP contribution in [0.3, 0.4) is 0 Å². The van der Waals surface area contributed by atoms with E-state index in [0.717, 1.165) is 5.65 Å². The van der Waals surface area contributed by atoms with Crippen LogP contribution in [-0.2, 0) is 12.5 Å². The van der Waals surface area contributed by atoms with Crippen molar-refractivity contribution < 1.29 is 0 Å². The molecule has 0 saturated heterocycles.